The van der Waals surface area contributed by atoms with Gasteiger partial charge in [0.1, 0.15) is 0 Å². The number of aromatic nitrogens is 1. The second-order valence-corrected chi connectivity index (χ2v) is 12.9. The van der Waals surface area contributed by atoms with E-state index < -0.39 is 0 Å². The van der Waals surface area contributed by atoms with E-state index in [0.29, 0.717) is 11.1 Å². The number of benzene rings is 6. The number of hydrogen-bond acceptors (Lipinski definition) is 4. The number of hydrogen-bond donors (Lipinski definition) is 0. The fourth-order valence-electron chi connectivity index (χ4n) is 6.54. The lowest BCUT2D eigenvalue weighted by molar-refractivity contribution is 1.18. The van der Waals surface area contributed by atoms with E-state index in [1.807, 2.05) is 35.6 Å². The third-order valence-corrected chi connectivity index (χ3v) is 10.8. The van der Waals surface area contributed by atoms with Crippen molar-refractivity contribution in [3.05, 3.63) is 126 Å². The molecule has 9 aromatic rings. The van der Waals surface area contributed by atoms with Gasteiger partial charge in [-0.1, -0.05) is 54.6 Å². The van der Waals surface area contributed by atoms with Gasteiger partial charge in [-0.15, -0.1) is 22.7 Å². The molecule has 0 radical (unpaired) electrons. The highest BCUT2D eigenvalue weighted by molar-refractivity contribution is 7.29. The molecule has 0 spiro atoms. The maximum atomic E-state index is 9.90. The monoisotopic (exact) mass is 581 g/mol. The van der Waals surface area contributed by atoms with Crippen molar-refractivity contribution in [1.29, 1.82) is 10.5 Å². The van der Waals surface area contributed by atoms with Crippen LogP contribution in [0.25, 0.3) is 79.0 Å². The van der Waals surface area contributed by atoms with E-state index in [1.54, 1.807) is 11.3 Å². The van der Waals surface area contributed by atoms with Gasteiger partial charge in [-0.25, -0.2) is 0 Å². The lowest BCUT2D eigenvalue weighted by atomic mass is 9.99. The van der Waals surface area contributed by atoms with Gasteiger partial charge in [0.25, 0.3) is 0 Å². The molecule has 3 heterocycles. The Kier molecular flexibility index (Phi) is 5.07. The Morgan fingerprint density at radius 2 is 1.16 bits per heavy atom. The van der Waals surface area contributed by atoms with Gasteiger partial charge in [0, 0.05) is 56.7 Å². The van der Waals surface area contributed by atoms with Crippen LogP contribution in [0.5, 0.6) is 0 Å². The SMILES string of the molecule is N#Cc1ccc(-c2ccc3sc4ccc5c6cc(C#N)ccc6sc5c4c3c2)c(-n2c3ccccc3c3ccccc32)c1. The minimum Gasteiger partial charge on any atom is -0.309 e. The molecule has 0 aliphatic carbocycles. The number of rotatable bonds is 2. The molecule has 0 N–H and O–H groups in total. The molecule has 6 aromatic carbocycles. The predicted molar refractivity (Wildman–Crippen MR) is 181 cm³/mol. The summed E-state index contributed by atoms with van der Waals surface area (Å²) in [6.45, 7) is 0. The van der Waals surface area contributed by atoms with Crippen LogP contribution in [-0.4, -0.2) is 4.57 Å². The zero-order valence-electron chi connectivity index (χ0n) is 22.6. The smallest absolute Gasteiger partial charge is 0.0992 e. The quantitative estimate of drug-likeness (QED) is 0.204. The highest BCUT2D eigenvalue weighted by Gasteiger charge is 2.18. The summed E-state index contributed by atoms with van der Waals surface area (Å²) < 4.78 is 7.25. The van der Waals surface area contributed by atoms with Gasteiger partial charge >= 0.3 is 0 Å². The van der Waals surface area contributed by atoms with Crippen LogP contribution >= 0.6 is 22.7 Å². The summed E-state index contributed by atoms with van der Waals surface area (Å²) in [5.41, 5.74) is 6.73. The van der Waals surface area contributed by atoms with Crippen molar-refractivity contribution in [2.24, 2.45) is 0 Å². The molecule has 43 heavy (non-hydrogen) atoms. The molecule has 0 atom stereocenters. The first-order valence-electron chi connectivity index (χ1n) is 14.0. The van der Waals surface area contributed by atoms with Gasteiger partial charge < -0.3 is 4.57 Å². The maximum Gasteiger partial charge on any atom is 0.0992 e. The zero-order chi connectivity index (χ0) is 28.7. The van der Waals surface area contributed by atoms with Crippen molar-refractivity contribution in [2.45, 2.75) is 0 Å². The summed E-state index contributed by atoms with van der Waals surface area (Å²) in [7, 11) is 0. The molecule has 0 aliphatic heterocycles. The highest BCUT2D eigenvalue weighted by Crippen LogP contribution is 2.46. The van der Waals surface area contributed by atoms with Crippen molar-refractivity contribution in [1.82, 2.24) is 4.57 Å². The first-order valence-corrected chi connectivity index (χ1v) is 15.6. The highest BCUT2D eigenvalue weighted by atomic mass is 32.1. The largest absolute Gasteiger partial charge is 0.309 e. The van der Waals surface area contributed by atoms with Crippen LogP contribution in [0.4, 0.5) is 0 Å². The topological polar surface area (TPSA) is 52.5 Å². The summed E-state index contributed by atoms with van der Waals surface area (Å²) in [6, 6.07) is 44.8. The van der Waals surface area contributed by atoms with Gasteiger partial charge in [0.15, 0.2) is 0 Å². The Morgan fingerprint density at radius 1 is 0.512 bits per heavy atom. The fourth-order valence-corrected chi connectivity index (χ4v) is 8.95. The van der Waals surface area contributed by atoms with Gasteiger partial charge in [-0.05, 0) is 66.2 Å². The van der Waals surface area contributed by atoms with Crippen LogP contribution in [-0.2, 0) is 0 Å². The third kappa shape index (κ3) is 3.44. The van der Waals surface area contributed by atoms with Gasteiger partial charge in [-0.3, -0.25) is 0 Å². The lowest BCUT2D eigenvalue weighted by Crippen LogP contribution is -1.98. The molecule has 0 fully saturated rings. The number of nitrogens with zero attached hydrogens (tertiary/aromatic N) is 3. The van der Waals surface area contributed by atoms with Crippen LogP contribution in [0, 0.1) is 22.7 Å². The van der Waals surface area contributed by atoms with Gasteiger partial charge in [-0.2, -0.15) is 10.5 Å². The molecule has 0 bridgehead atoms. The Hall–Kier alpha value is -5.46. The average Bonchev–Trinajstić information content (AvgIpc) is 3.73. The molecule has 198 valence electrons. The second kappa shape index (κ2) is 9.02. The summed E-state index contributed by atoms with van der Waals surface area (Å²) in [4.78, 5) is 0. The lowest BCUT2D eigenvalue weighted by Gasteiger charge is -2.15. The Labute approximate surface area is 254 Å². The molecule has 0 amide bonds. The molecular weight excluding hydrogens is 563 g/mol. The first kappa shape index (κ1) is 24.2. The normalized spacial score (nSPS) is 11.7. The van der Waals surface area contributed by atoms with Crippen LogP contribution in [0.3, 0.4) is 0 Å². The standard InChI is InChI=1S/C38H19N3S2/c39-20-22-10-14-34-29(17-22)28-13-16-36-37(38(28)43-34)30-19-24(11-15-35(30)42-36)25-12-9-23(21-40)18-33(25)41-31-7-3-1-5-26(31)27-6-2-4-8-32(27)41/h1-19H. The van der Waals surface area contributed by atoms with Crippen LogP contribution < -0.4 is 0 Å². The summed E-state index contributed by atoms with van der Waals surface area (Å²) in [5, 5.41) is 26.6. The molecule has 3 nitrogen and oxygen atoms in total. The van der Waals surface area contributed by atoms with E-state index in [0.717, 1.165) is 33.2 Å². The minimum atomic E-state index is 0.631. The van der Waals surface area contributed by atoms with Crippen molar-refractivity contribution in [3.63, 3.8) is 0 Å². The van der Waals surface area contributed by atoms with E-state index in [4.69, 9.17) is 0 Å². The maximum absolute atomic E-state index is 9.90. The Balaban J connectivity index is 1.35. The number of fused-ring (bicyclic) bond motifs is 10. The van der Waals surface area contributed by atoms with Crippen LogP contribution in [0.2, 0.25) is 0 Å². The van der Waals surface area contributed by atoms with Crippen molar-refractivity contribution in [2.75, 3.05) is 0 Å². The van der Waals surface area contributed by atoms with Crippen LogP contribution in [0.15, 0.2) is 115 Å². The van der Waals surface area contributed by atoms with E-state index in [9.17, 15) is 10.5 Å². The third-order valence-electron chi connectivity index (χ3n) is 8.46. The van der Waals surface area contributed by atoms with E-state index >= 15 is 0 Å². The Morgan fingerprint density at radius 3 is 1.93 bits per heavy atom. The molecular formula is C38H19N3S2. The Bertz CT molecular complexity index is 2650. The van der Waals surface area contributed by atoms with Gasteiger partial charge in [0.2, 0.25) is 0 Å². The molecule has 0 saturated heterocycles. The summed E-state index contributed by atoms with van der Waals surface area (Å²) >= 11 is 3.61. The molecule has 9 rings (SSSR count). The number of nitriles is 2. The molecule has 0 unspecified atom stereocenters. The van der Waals surface area contributed by atoms with Crippen LogP contribution in [0.1, 0.15) is 11.1 Å². The predicted octanol–water partition coefficient (Wildman–Crippen LogP) is 10.9. The second-order valence-electron chi connectivity index (χ2n) is 10.8. The first-order chi connectivity index (χ1) is 21.2. The number of para-hydroxylation sites is 2. The average molecular weight is 582 g/mol. The molecule has 0 aliphatic rings. The van der Waals surface area contributed by atoms with E-state index in [1.165, 1.54) is 45.7 Å². The summed E-state index contributed by atoms with van der Waals surface area (Å²) in [5.74, 6) is 0. The van der Waals surface area contributed by atoms with Crippen molar-refractivity contribution >= 4 is 84.8 Å². The fraction of sp³-hybridized carbons (Fsp3) is 0. The minimum absolute atomic E-state index is 0.631. The van der Waals surface area contributed by atoms with E-state index in [2.05, 4.69) is 108 Å². The van der Waals surface area contributed by atoms with Gasteiger partial charge in [0.05, 0.1) is 40.0 Å². The molecule has 3 aromatic heterocycles. The zero-order valence-corrected chi connectivity index (χ0v) is 24.3. The van der Waals surface area contributed by atoms with Crippen molar-refractivity contribution in [3.8, 4) is 29.0 Å². The molecule has 0 saturated carbocycles. The van der Waals surface area contributed by atoms with E-state index in [-0.39, 0.29) is 0 Å². The molecule has 5 heteroatoms. The summed E-state index contributed by atoms with van der Waals surface area (Å²) in [6.07, 6.45) is 0. The number of thiophene rings is 2. The van der Waals surface area contributed by atoms with Crippen molar-refractivity contribution < 1.29 is 0 Å².